The summed E-state index contributed by atoms with van der Waals surface area (Å²) in [6, 6.07) is 5.03. The molecule has 19 heavy (non-hydrogen) atoms. The van der Waals surface area contributed by atoms with Gasteiger partial charge < -0.3 is 4.90 Å². The predicted molar refractivity (Wildman–Crippen MR) is 75.5 cm³/mol. The average molecular weight is 326 g/mol. The molecule has 2 nitrogen and oxygen atoms in total. The maximum atomic E-state index is 13.5. The van der Waals surface area contributed by atoms with E-state index in [0.29, 0.717) is 22.0 Å². The monoisotopic (exact) mass is 325 g/mol. The highest BCUT2D eigenvalue weighted by Gasteiger charge is 2.38. The minimum absolute atomic E-state index is 0.0131. The van der Waals surface area contributed by atoms with Gasteiger partial charge in [-0.25, -0.2) is 4.39 Å². The van der Waals surface area contributed by atoms with Crippen LogP contribution in [0.25, 0.3) is 0 Å². The van der Waals surface area contributed by atoms with E-state index in [1.807, 2.05) is 4.90 Å². The Kier molecular flexibility index (Phi) is 3.61. The molecule has 3 rings (SSSR count). The zero-order valence-corrected chi connectivity index (χ0v) is 12.3. The number of carbonyl (C=O) groups is 1. The van der Waals surface area contributed by atoms with Crippen molar-refractivity contribution in [2.24, 2.45) is 5.92 Å². The highest BCUT2D eigenvalue weighted by atomic mass is 79.9. The first-order chi connectivity index (χ1) is 9.16. The molecule has 1 saturated heterocycles. The van der Waals surface area contributed by atoms with Crippen molar-refractivity contribution in [1.29, 1.82) is 0 Å². The number of halogens is 2. The molecule has 4 heteroatoms. The van der Waals surface area contributed by atoms with E-state index < -0.39 is 0 Å². The lowest BCUT2D eigenvalue weighted by Gasteiger charge is -2.31. The van der Waals surface area contributed by atoms with Crippen LogP contribution in [0.5, 0.6) is 0 Å². The van der Waals surface area contributed by atoms with Gasteiger partial charge in [0.15, 0.2) is 0 Å². The molecule has 0 radical (unpaired) electrons. The average Bonchev–Trinajstić information content (AvgIpc) is 2.85. The van der Waals surface area contributed by atoms with Crippen molar-refractivity contribution in [2.75, 3.05) is 6.54 Å². The van der Waals surface area contributed by atoms with Gasteiger partial charge in [0.2, 0.25) is 0 Å². The van der Waals surface area contributed by atoms with Crippen LogP contribution in [-0.2, 0) is 0 Å². The van der Waals surface area contributed by atoms with Crippen molar-refractivity contribution in [2.45, 2.75) is 38.1 Å². The van der Waals surface area contributed by atoms with E-state index in [-0.39, 0.29) is 11.7 Å². The molecule has 1 saturated carbocycles. The highest BCUT2D eigenvalue weighted by Crippen LogP contribution is 2.37. The Balaban J connectivity index is 1.81. The van der Waals surface area contributed by atoms with Crippen LogP contribution in [0, 0.1) is 11.7 Å². The van der Waals surface area contributed by atoms with Crippen LogP contribution >= 0.6 is 15.9 Å². The Morgan fingerprint density at radius 3 is 2.84 bits per heavy atom. The minimum atomic E-state index is -0.370. The summed E-state index contributed by atoms with van der Waals surface area (Å²) < 4.78 is 13.9. The Labute approximate surface area is 121 Å². The van der Waals surface area contributed by atoms with Crippen molar-refractivity contribution >= 4 is 21.8 Å². The maximum Gasteiger partial charge on any atom is 0.254 e. The number of fused-ring (bicyclic) bond motifs is 1. The Hall–Kier alpha value is -0.900. The minimum Gasteiger partial charge on any atom is -0.335 e. The molecule has 0 N–H and O–H groups in total. The summed E-state index contributed by atoms with van der Waals surface area (Å²) in [7, 11) is 0. The molecule has 1 aromatic rings. The van der Waals surface area contributed by atoms with Gasteiger partial charge in [-0.05, 0) is 59.3 Å². The van der Waals surface area contributed by atoms with Gasteiger partial charge >= 0.3 is 0 Å². The fourth-order valence-electron chi connectivity index (χ4n) is 3.45. The van der Waals surface area contributed by atoms with Gasteiger partial charge in [-0.15, -0.1) is 0 Å². The van der Waals surface area contributed by atoms with E-state index in [0.717, 1.165) is 19.4 Å². The maximum absolute atomic E-state index is 13.5. The largest absolute Gasteiger partial charge is 0.335 e. The third-order valence-electron chi connectivity index (χ3n) is 4.44. The molecule has 0 spiro atoms. The molecule has 2 aliphatic rings. The number of likely N-dealkylation sites (tertiary alicyclic amines) is 1. The number of hydrogen-bond donors (Lipinski definition) is 0. The van der Waals surface area contributed by atoms with Crippen LogP contribution in [0.1, 0.15) is 42.5 Å². The number of rotatable bonds is 1. The van der Waals surface area contributed by atoms with Gasteiger partial charge in [0.05, 0.1) is 4.47 Å². The fourth-order valence-corrected chi connectivity index (χ4v) is 3.70. The second-order valence-electron chi connectivity index (χ2n) is 5.53. The summed E-state index contributed by atoms with van der Waals surface area (Å²) >= 11 is 3.12. The van der Waals surface area contributed by atoms with Crippen LogP contribution in [0.15, 0.2) is 22.7 Å². The first-order valence-electron chi connectivity index (χ1n) is 6.93. The molecule has 2 fully saturated rings. The first-order valence-corrected chi connectivity index (χ1v) is 7.72. The number of benzene rings is 1. The summed E-state index contributed by atoms with van der Waals surface area (Å²) in [6.45, 7) is 0.825. The normalized spacial score (nSPS) is 26.3. The van der Waals surface area contributed by atoms with E-state index in [2.05, 4.69) is 15.9 Å². The van der Waals surface area contributed by atoms with E-state index in [4.69, 9.17) is 0 Å². The zero-order chi connectivity index (χ0) is 13.4. The Bertz CT molecular complexity index is 505. The topological polar surface area (TPSA) is 20.3 Å². The quantitative estimate of drug-likeness (QED) is 0.764. The molecule has 0 bridgehead atoms. The van der Waals surface area contributed by atoms with Gasteiger partial charge in [-0.3, -0.25) is 4.79 Å². The van der Waals surface area contributed by atoms with Crippen molar-refractivity contribution in [3.8, 4) is 0 Å². The molecule has 1 amide bonds. The number of nitrogens with zero attached hydrogens (tertiary/aromatic N) is 1. The molecule has 1 heterocycles. The standard InChI is InChI=1S/C15H17BrFNO/c16-12-6-5-11(9-13(12)17)15(19)18-8-7-10-3-1-2-4-14(10)18/h5-6,9-10,14H,1-4,7-8H2. The highest BCUT2D eigenvalue weighted by molar-refractivity contribution is 9.10. The molecular formula is C15H17BrFNO. The Morgan fingerprint density at radius 2 is 2.05 bits per heavy atom. The van der Waals surface area contributed by atoms with Crippen LogP contribution in [0.2, 0.25) is 0 Å². The smallest absolute Gasteiger partial charge is 0.254 e. The van der Waals surface area contributed by atoms with Gasteiger partial charge in [0.1, 0.15) is 5.82 Å². The molecule has 1 aliphatic heterocycles. The summed E-state index contributed by atoms with van der Waals surface area (Å²) in [4.78, 5) is 14.5. The molecule has 2 atom stereocenters. The Morgan fingerprint density at radius 1 is 1.26 bits per heavy atom. The van der Waals surface area contributed by atoms with E-state index in [1.54, 1.807) is 12.1 Å². The van der Waals surface area contributed by atoms with Gasteiger partial charge in [0.25, 0.3) is 5.91 Å². The summed E-state index contributed by atoms with van der Waals surface area (Å²) in [5.74, 6) is 0.282. The van der Waals surface area contributed by atoms with Crippen LogP contribution in [0.3, 0.4) is 0 Å². The lowest BCUT2D eigenvalue weighted by molar-refractivity contribution is 0.0689. The molecule has 0 aromatic heterocycles. The fraction of sp³-hybridized carbons (Fsp3) is 0.533. The summed E-state index contributed by atoms with van der Waals surface area (Å²) in [5.41, 5.74) is 0.465. The van der Waals surface area contributed by atoms with Gasteiger partial charge in [-0.2, -0.15) is 0 Å². The number of hydrogen-bond acceptors (Lipinski definition) is 1. The van der Waals surface area contributed by atoms with Crippen LogP contribution in [-0.4, -0.2) is 23.4 Å². The van der Waals surface area contributed by atoms with Crippen LogP contribution in [0.4, 0.5) is 4.39 Å². The third-order valence-corrected chi connectivity index (χ3v) is 5.08. The van der Waals surface area contributed by atoms with Gasteiger partial charge in [0, 0.05) is 18.2 Å². The van der Waals surface area contributed by atoms with E-state index >= 15 is 0 Å². The zero-order valence-electron chi connectivity index (χ0n) is 10.7. The first kappa shape index (κ1) is 13.1. The lowest BCUT2D eigenvalue weighted by atomic mass is 9.85. The third kappa shape index (κ3) is 2.42. The molecular weight excluding hydrogens is 309 g/mol. The lowest BCUT2D eigenvalue weighted by Crippen LogP contribution is -2.39. The van der Waals surface area contributed by atoms with Crippen molar-refractivity contribution in [1.82, 2.24) is 4.90 Å². The van der Waals surface area contributed by atoms with E-state index in [1.165, 1.54) is 25.3 Å². The molecule has 1 aliphatic carbocycles. The second-order valence-corrected chi connectivity index (χ2v) is 6.38. The van der Waals surface area contributed by atoms with Crippen molar-refractivity contribution < 1.29 is 9.18 Å². The summed E-state index contributed by atoms with van der Waals surface area (Å²) in [5, 5.41) is 0. The second kappa shape index (κ2) is 5.23. The van der Waals surface area contributed by atoms with Crippen molar-refractivity contribution in [3.63, 3.8) is 0 Å². The van der Waals surface area contributed by atoms with E-state index in [9.17, 15) is 9.18 Å². The van der Waals surface area contributed by atoms with Crippen LogP contribution < -0.4 is 0 Å². The number of carbonyl (C=O) groups excluding carboxylic acids is 1. The number of amides is 1. The van der Waals surface area contributed by atoms with Gasteiger partial charge in [-0.1, -0.05) is 12.8 Å². The molecule has 1 aromatic carbocycles. The molecule has 102 valence electrons. The molecule has 2 unspecified atom stereocenters. The predicted octanol–water partition coefficient (Wildman–Crippen LogP) is 3.99. The van der Waals surface area contributed by atoms with Crippen molar-refractivity contribution in [3.05, 3.63) is 34.1 Å². The summed E-state index contributed by atoms with van der Waals surface area (Å²) in [6.07, 6.45) is 5.95. The SMILES string of the molecule is O=C(c1ccc(Br)c(F)c1)N1CCC2CCCCC21.